The lowest BCUT2D eigenvalue weighted by Crippen LogP contribution is -2.46. The Kier molecular flexibility index (Phi) is 6.60. The normalized spacial score (nSPS) is 24.1. The lowest BCUT2D eigenvalue weighted by Gasteiger charge is -2.37. The molecule has 178 valence electrons. The number of carbonyl (C=O) groups is 1. The van der Waals surface area contributed by atoms with Gasteiger partial charge in [0.2, 0.25) is 0 Å². The van der Waals surface area contributed by atoms with E-state index in [2.05, 4.69) is 31.5 Å². The molecule has 1 aromatic heterocycles. The van der Waals surface area contributed by atoms with Crippen LogP contribution in [0.3, 0.4) is 0 Å². The van der Waals surface area contributed by atoms with Crippen LogP contribution in [0.15, 0.2) is 21.4 Å². The average Bonchev–Trinajstić information content (AvgIpc) is 3.15. The number of amides is 1. The molecule has 1 amide bonds. The van der Waals surface area contributed by atoms with Crippen molar-refractivity contribution < 1.29 is 14.3 Å². The molecular formula is C25H32BrN3O4. The minimum absolute atomic E-state index is 0.151. The van der Waals surface area contributed by atoms with Crippen molar-refractivity contribution in [2.75, 3.05) is 7.05 Å². The van der Waals surface area contributed by atoms with E-state index in [0.29, 0.717) is 33.1 Å². The predicted octanol–water partition coefficient (Wildman–Crippen LogP) is 4.26. The van der Waals surface area contributed by atoms with E-state index < -0.39 is 5.79 Å². The first-order chi connectivity index (χ1) is 15.6. The van der Waals surface area contributed by atoms with Crippen LogP contribution in [-0.2, 0) is 6.54 Å². The molecule has 0 radical (unpaired) electrons. The number of aromatic amines is 1. The van der Waals surface area contributed by atoms with E-state index in [0.717, 1.165) is 42.5 Å². The Balaban J connectivity index is 1.53. The predicted molar refractivity (Wildman–Crippen MR) is 131 cm³/mol. The Morgan fingerprint density at radius 1 is 1.15 bits per heavy atom. The Morgan fingerprint density at radius 2 is 1.82 bits per heavy atom. The van der Waals surface area contributed by atoms with Gasteiger partial charge in [0, 0.05) is 47.8 Å². The monoisotopic (exact) mass is 517 g/mol. The maximum atomic E-state index is 13.1. The number of hydrogen-bond acceptors (Lipinski definition) is 5. The van der Waals surface area contributed by atoms with Crippen molar-refractivity contribution in [3.8, 4) is 11.5 Å². The number of aromatic nitrogens is 1. The smallest absolute Gasteiger partial charge is 0.253 e. The molecule has 1 atom stereocenters. The second-order valence-electron chi connectivity index (χ2n) is 9.37. The number of ether oxygens (including phenoxy) is 2. The molecule has 0 saturated heterocycles. The number of nitrogens with one attached hydrogen (secondary N) is 3. The van der Waals surface area contributed by atoms with Crippen molar-refractivity contribution in [1.82, 2.24) is 15.6 Å². The SMILES string of the molecule is CNC1CCC([C@@]2(C)Oc3c(Br)cc(C(=O)NCc4c(C)cc(C)[nH]c4=O)c(C)c3O2)CC1. The van der Waals surface area contributed by atoms with Crippen molar-refractivity contribution in [1.29, 1.82) is 0 Å². The Bertz CT molecular complexity index is 1140. The topological polar surface area (TPSA) is 92.5 Å². The molecule has 0 spiro atoms. The van der Waals surface area contributed by atoms with Crippen molar-refractivity contribution in [3.05, 3.63) is 54.9 Å². The van der Waals surface area contributed by atoms with E-state index in [9.17, 15) is 9.59 Å². The fraction of sp³-hybridized carbons (Fsp3) is 0.520. The molecule has 2 heterocycles. The van der Waals surface area contributed by atoms with E-state index in [1.807, 2.05) is 40.8 Å². The standard InChI is InChI=1S/C25H32BrN3O4/c1-13-10-14(2)29-24(31)19(13)12-28-23(30)18-11-20(26)22-21(15(18)3)32-25(4,33-22)16-6-8-17(27-5)9-7-16/h10-11,16-17,27H,6-9,12H2,1-5H3,(H,28,30)(H,29,31)/t16?,17?,25-/m1/s1. The van der Waals surface area contributed by atoms with Gasteiger partial charge in [-0.25, -0.2) is 0 Å². The van der Waals surface area contributed by atoms with Crippen LogP contribution in [0.1, 0.15) is 65.3 Å². The highest BCUT2D eigenvalue weighted by molar-refractivity contribution is 9.10. The molecule has 8 heteroatoms. The number of fused-ring (bicyclic) bond motifs is 1. The van der Waals surface area contributed by atoms with E-state index in [1.54, 1.807) is 6.07 Å². The van der Waals surface area contributed by atoms with Gasteiger partial charge in [-0.15, -0.1) is 0 Å². The van der Waals surface area contributed by atoms with E-state index in [-0.39, 0.29) is 23.9 Å². The summed E-state index contributed by atoms with van der Waals surface area (Å²) in [7, 11) is 2.01. The van der Waals surface area contributed by atoms with Gasteiger partial charge < -0.3 is 25.1 Å². The summed E-state index contributed by atoms with van der Waals surface area (Å²) < 4.78 is 13.5. The summed E-state index contributed by atoms with van der Waals surface area (Å²) >= 11 is 3.57. The molecule has 4 rings (SSSR count). The van der Waals surface area contributed by atoms with Crippen molar-refractivity contribution >= 4 is 21.8 Å². The summed E-state index contributed by atoms with van der Waals surface area (Å²) in [4.78, 5) is 28.1. The van der Waals surface area contributed by atoms with Crippen molar-refractivity contribution in [2.45, 2.75) is 71.8 Å². The van der Waals surface area contributed by atoms with Gasteiger partial charge in [0.05, 0.1) is 4.47 Å². The van der Waals surface area contributed by atoms with Gasteiger partial charge in [-0.05, 0) is 87.1 Å². The van der Waals surface area contributed by atoms with Crippen LogP contribution in [0.2, 0.25) is 0 Å². The molecule has 1 aliphatic carbocycles. The first-order valence-corrected chi connectivity index (χ1v) is 12.3. The number of pyridine rings is 1. The molecule has 2 aliphatic rings. The zero-order chi connectivity index (χ0) is 23.9. The second-order valence-corrected chi connectivity index (χ2v) is 10.2. The number of benzene rings is 1. The van der Waals surface area contributed by atoms with Gasteiger partial charge in [-0.2, -0.15) is 0 Å². The van der Waals surface area contributed by atoms with Gasteiger partial charge in [-0.1, -0.05) is 0 Å². The highest BCUT2D eigenvalue weighted by atomic mass is 79.9. The third-order valence-corrected chi connectivity index (χ3v) is 7.68. The maximum Gasteiger partial charge on any atom is 0.253 e. The Morgan fingerprint density at radius 3 is 2.45 bits per heavy atom. The molecule has 0 bridgehead atoms. The quantitative estimate of drug-likeness (QED) is 0.550. The summed E-state index contributed by atoms with van der Waals surface area (Å²) in [5, 5.41) is 6.25. The zero-order valence-corrected chi connectivity index (χ0v) is 21.4. The van der Waals surface area contributed by atoms with E-state index in [1.165, 1.54) is 0 Å². The number of hydrogen-bond donors (Lipinski definition) is 3. The minimum atomic E-state index is -0.754. The molecule has 1 saturated carbocycles. The summed E-state index contributed by atoms with van der Waals surface area (Å²) in [5.74, 6) is 0.511. The minimum Gasteiger partial charge on any atom is -0.448 e. The summed E-state index contributed by atoms with van der Waals surface area (Å²) in [5.41, 5.74) is 3.24. The molecule has 7 nitrogen and oxygen atoms in total. The lowest BCUT2D eigenvalue weighted by molar-refractivity contribution is -0.121. The largest absolute Gasteiger partial charge is 0.448 e. The molecule has 1 aliphatic heterocycles. The molecule has 0 unspecified atom stereocenters. The highest BCUT2D eigenvalue weighted by Gasteiger charge is 2.47. The zero-order valence-electron chi connectivity index (χ0n) is 19.9. The lowest BCUT2D eigenvalue weighted by atomic mass is 9.81. The van der Waals surface area contributed by atoms with E-state index in [4.69, 9.17) is 9.47 Å². The molecular weight excluding hydrogens is 486 g/mol. The van der Waals surface area contributed by atoms with Crippen LogP contribution in [0.5, 0.6) is 11.5 Å². The third kappa shape index (κ3) is 4.55. The van der Waals surface area contributed by atoms with Gasteiger partial charge >= 0.3 is 0 Å². The molecule has 1 fully saturated rings. The number of H-pyrrole nitrogens is 1. The van der Waals surface area contributed by atoms with Crippen LogP contribution >= 0.6 is 15.9 Å². The summed E-state index contributed by atoms with van der Waals surface area (Å²) in [6.07, 6.45) is 4.21. The number of carbonyl (C=O) groups excluding carboxylic acids is 1. The Hall–Kier alpha value is -2.32. The number of halogens is 1. The fourth-order valence-electron chi connectivity index (χ4n) is 5.02. The van der Waals surface area contributed by atoms with Crippen molar-refractivity contribution in [2.24, 2.45) is 5.92 Å². The van der Waals surface area contributed by atoms with E-state index >= 15 is 0 Å². The summed E-state index contributed by atoms with van der Waals surface area (Å²) in [6, 6.07) is 4.21. The first-order valence-electron chi connectivity index (χ1n) is 11.5. The highest BCUT2D eigenvalue weighted by Crippen LogP contribution is 2.51. The first kappa shape index (κ1) is 23.8. The number of rotatable bonds is 5. The van der Waals surface area contributed by atoms with Gasteiger partial charge in [-0.3, -0.25) is 9.59 Å². The average molecular weight is 518 g/mol. The van der Waals surface area contributed by atoms with Crippen molar-refractivity contribution in [3.63, 3.8) is 0 Å². The Labute approximate surface area is 202 Å². The van der Waals surface area contributed by atoms with Gasteiger partial charge in [0.25, 0.3) is 17.3 Å². The van der Waals surface area contributed by atoms with Crippen LogP contribution in [0.25, 0.3) is 0 Å². The van der Waals surface area contributed by atoms with Crippen LogP contribution < -0.4 is 25.7 Å². The fourth-order valence-corrected chi connectivity index (χ4v) is 5.51. The third-order valence-electron chi connectivity index (χ3n) is 7.09. The number of aryl methyl sites for hydroxylation is 2. The molecule has 3 N–H and O–H groups in total. The molecule has 1 aromatic carbocycles. The molecule has 33 heavy (non-hydrogen) atoms. The van der Waals surface area contributed by atoms with Crippen LogP contribution in [0, 0.1) is 26.7 Å². The molecule has 2 aromatic rings. The van der Waals surface area contributed by atoms with Crippen LogP contribution in [-0.4, -0.2) is 29.8 Å². The van der Waals surface area contributed by atoms with Gasteiger partial charge in [0.1, 0.15) is 0 Å². The van der Waals surface area contributed by atoms with Gasteiger partial charge in [0.15, 0.2) is 11.5 Å². The maximum absolute atomic E-state index is 13.1. The van der Waals surface area contributed by atoms with Crippen LogP contribution in [0.4, 0.5) is 0 Å². The summed E-state index contributed by atoms with van der Waals surface area (Å²) in [6.45, 7) is 7.73. The second kappa shape index (κ2) is 9.14.